The number of nitrogens with two attached hydrogens (primary N) is 1. The van der Waals surface area contributed by atoms with E-state index in [9.17, 15) is 0 Å². The van der Waals surface area contributed by atoms with Crippen molar-refractivity contribution in [2.45, 2.75) is 0 Å². The SMILES string of the molecule is [C-]#[N+]SN. The van der Waals surface area contributed by atoms with Gasteiger partial charge in [-0.2, -0.15) is 0 Å². The van der Waals surface area contributed by atoms with Crippen molar-refractivity contribution < 1.29 is 0 Å². The van der Waals surface area contributed by atoms with E-state index in [0.717, 1.165) is 0 Å². The van der Waals surface area contributed by atoms with Gasteiger partial charge in [0.1, 0.15) is 0 Å². The highest BCUT2D eigenvalue weighted by molar-refractivity contribution is 7.99. The molecule has 0 spiro atoms. The maximum absolute atomic E-state index is 5.91. The van der Waals surface area contributed by atoms with Crippen LogP contribution in [-0.2, 0) is 0 Å². The van der Waals surface area contributed by atoms with E-state index in [1.807, 2.05) is 0 Å². The molecule has 0 aliphatic rings. The van der Waals surface area contributed by atoms with Crippen LogP contribution < -0.4 is 5.14 Å². The normalized spacial score (nSPS) is 5.00. The fourth-order valence-electron chi connectivity index (χ4n) is 0. The zero-order chi connectivity index (χ0) is 3.41. The summed E-state index contributed by atoms with van der Waals surface area (Å²) in [6.07, 6.45) is 0. The van der Waals surface area contributed by atoms with E-state index in [4.69, 9.17) is 6.57 Å². The molecule has 0 rings (SSSR count). The van der Waals surface area contributed by atoms with Crippen molar-refractivity contribution in [3.8, 4) is 0 Å². The van der Waals surface area contributed by atoms with Gasteiger partial charge in [-0.15, -0.1) is 0 Å². The fourth-order valence-corrected chi connectivity index (χ4v) is 0. The third kappa shape index (κ3) is 1.80. The largest absolute Gasteiger partial charge is 0.348 e. The summed E-state index contributed by atoms with van der Waals surface area (Å²) in [7, 11) is 0. The van der Waals surface area contributed by atoms with Crippen LogP contribution in [0.3, 0.4) is 0 Å². The summed E-state index contributed by atoms with van der Waals surface area (Å²) in [6.45, 7) is 5.91. The van der Waals surface area contributed by atoms with Crippen LogP contribution in [-0.4, -0.2) is 0 Å². The number of hydrogen-bond acceptors (Lipinski definition) is 2. The summed E-state index contributed by atoms with van der Waals surface area (Å²) in [5, 5.41) is 4.59. The van der Waals surface area contributed by atoms with Gasteiger partial charge in [-0.05, 0) is 0 Å². The number of nitrogens with zero attached hydrogens (tertiary/aromatic N) is 1. The first kappa shape index (κ1) is 3.80. The minimum atomic E-state index is 0.648. The molecule has 0 fully saturated rings. The average Bonchev–Trinajstić information content (AvgIpc) is 1.37. The van der Waals surface area contributed by atoms with Crippen LogP contribution in [0.25, 0.3) is 4.25 Å². The Balaban J connectivity index is 2.43. The quantitative estimate of drug-likeness (QED) is 0.333. The summed E-state index contributed by atoms with van der Waals surface area (Å²) in [6, 6.07) is 0. The Morgan fingerprint density at radius 2 is 2.25 bits per heavy atom. The monoisotopic (exact) mass is 74.0 g/mol. The first-order valence-corrected chi connectivity index (χ1v) is 1.48. The molecule has 0 bridgehead atoms. The number of rotatable bonds is 0. The van der Waals surface area contributed by atoms with Crippen LogP contribution in [0.15, 0.2) is 0 Å². The number of hydrogen-bond donors (Lipinski definition) is 1. The maximum atomic E-state index is 5.91. The molecule has 0 aliphatic heterocycles. The molecule has 0 aromatic heterocycles. The Morgan fingerprint density at radius 1 is 2.00 bits per heavy atom. The Labute approximate surface area is 29.1 Å². The van der Waals surface area contributed by atoms with Gasteiger partial charge < -0.3 is 0 Å². The predicted octanol–water partition coefficient (Wildman–Crippen LogP) is 0.428. The Bertz CT molecular complexity index is 35.8. The molecule has 22 valence electrons. The molecule has 0 radical (unpaired) electrons. The molecular weight excluding hydrogens is 72.1 g/mol. The van der Waals surface area contributed by atoms with Crippen LogP contribution in [0.4, 0.5) is 0 Å². The van der Waals surface area contributed by atoms with E-state index in [-0.39, 0.29) is 0 Å². The minimum absolute atomic E-state index is 0.648. The second-order valence-electron chi connectivity index (χ2n) is 0.197. The van der Waals surface area contributed by atoms with Gasteiger partial charge in [0.15, 0.2) is 0 Å². The van der Waals surface area contributed by atoms with Crippen molar-refractivity contribution in [3.63, 3.8) is 0 Å². The summed E-state index contributed by atoms with van der Waals surface area (Å²) < 4.78 is 2.68. The Kier molecular flexibility index (Phi) is 2.66. The Hall–Kier alpha value is -0.200. The summed E-state index contributed by atoms with van der Waals surface area (Å²) in [5.74, 6) is 0. The average molecular weight is 74.1 g/mol. The van der Waals surface area contributed by atoms with E-state index in [0.29, 0.717) is 12.1 Å². The molecule has 0 saturated carbocycles. The van der Waals surface area contributed by atoms with Crippen molar-refractivity contribution >= 4 is 12.1 Å². The lowest BCUT2D eigenvalue weighted by Gasteiger charge is -1.46. The third-order valence-corrected chi connectivity index (χ3v) is 0.158. The fraction of sp³-hybridized carbons (Fsp3) is 0. The van der Waals surface area contributed by atoms with E-state index < -0.39 is 0 Å². The highest BCUT2D eigenvalue weighted by atomic mass is 32.2. The van der Waals surface area contributed by atoms with Gasteiger partial charge in [0, 0.05) is 0 Å². The van der Waals surface area contributed by atoms with Crippen molar-refractivity contribution in [1.82, 2.24) is 0 Å². The third-order valence-electron chi connectivity index (χ3n) is 0.0527. The van der Waals surface area contributed by atoms with E-state index >= 15 is 0 Å². The van der Waals surface area contributed by atoms with Crippen LogP contribution >= 0.6 is 12.1 Å². The van der Waals surface area contributed by atoms with E-state index in [1.165, 1.54) is 0 Å². The van der Waals surface area contributed by atoms with Crippen molar-refractivity contribution in [2.24, 2.45) is 5.14 Å². The predicted molar refractivity (Wildman–Crippen MR) is 18.4 cm³/mol. The summed E-state index contributed by atoms with van der Waals surface area (Å²) in [5.41, 5.74) is 0. The van der Waals surface area contributed by atoms with Gasteiger partial charge in [0.25, 0.3) is 0 Å². The van der Waals surface area contributed by atoms with Crippen LogP contribution in [0, 0.1) is 6.57 Å². The highest BCUT2D eigenvalue weighted by Crippen LogP contribution is 1.78. The van der Waals surface area contributed by atoms with E-state index in [2.05, 4.69) is 9.39 Å². The molecule has 0 saturated heterocycles. The lowest BCUT2D eigenvalue weighted by atomic mass is 11.9. The molecule has 3 heteroatoms. The van der Waals surface area contributed by atoms with Crippen molar-refractivity contribution in [1.29, 1.82) is 0 Å². The summed E-state index contributed by atoms with van der Waals surface area (Å²) >= 11 is 0.648. The molecular formula is CH2N2S. The van der Waals surface area contributed by atoms with Crippen LogP contribution in [0.2, 0.25) is 0 Å². The second-order valence-corrected chi connectivity index (χ2v) is 0.590. The van der Waals surface area contributed by atoms with Crippen LogP contribution in [0.5, 0.6) is 0 Å². The van der Waals surface area contributed by atoms with Gasteiger partial charge in [-0.3, -0.25) is 0 Å². The molecule has 0 aromatic carbocycles. The smallest absolute Gasteiger partial charge is 0.211 e. The Morgan fingerprint density at radius 3 is 2.25 bits per heavy atom. The lowest BCUT2D eigenvalue weighted by Crippen LogP contribution is -1.61. The topological polar surface area (TPSA) is 30.4 Å². The van der Waals surface area contributed by atoms with Gasteiger partial charge in [0.05, 0.1) is 0 Å². The molecule has 2 nitrogen and oxygen atoms in total. The molecule has 0 aliphatic carbocycles. The minimum Gasteiger partial charge on any atom is -0.211 e. The molecule has 2 N–H and O–H groups in total. The van der Waals surface area contributed by atoms with Gasteiger partial charge in [-0.1, -0.05) is 0 Å². The maximum Gasteiger partial charge on any atom is 0.348 e. The first-order valence-electron chi connectivity index (χ1n) is 0.642. The van der Waals surface area contributed by atoms with Gasteiger partial charge in [-0.25, -0.2) is 16.0 Å². The molecule has 0 unspecified atom stereocenters. The molecule has 0 aromatic rings. The molecule has 4 heavy (non-hydrogen) atoms. The van der Waals surface area contributed by atoms with Gasteiger partial charge in [0.2, 0.25) is 0 Å². The van der Waals surface area contributed by atoms with Crippen molar-refractivity contribution in [2.75, 3.05) is 0 Å². The summed E-state index contributed by atoms with van der Waals surface area (Å²) in [4.78, 5) is 0. The van der Waals surface area contributed by atoms with Gasteiger partial charge >= 0.3 is 12.1 Å². The second kappa shape index (κ2) is 2.80. The van der Waals surface area contributed by atoms with Crippen molar-refractivity contribution in [3.05, 3.63) is 10.8 Å². The molecule has 0 amide bonds. The lowest BCUT2D eigenvalue weighted by molar-refractivity contribution is 2.04. The van der Waals surface area contributed by atoms with Crippen LogP contribution in [0.1, 0.15) is 0 Å². The molecule has 0 heterocycles. The zero-order valence-corrected chi connectivity index (χ0v) is 2.75. The standard InChI is InChI=1S/CH2N2S/c1-3-4-2/h2H2. The molecule has 0 atom stereocenters. The zero-order valence-electron chi connectivity index (χ0n) is 1.93. The highest BCUT2D eigenvalue weighted by Gasteiger charge is 1.55. The van der Waals surface area contributed by atoms with E-state index in [1.54, 1.807) is 0 Å². The first-order chi connectivity index (χ1) is 1.91.